The smallest absolute Gasteiger partial charge is 0.255 e. The van der Waals surface area contributed by atoms with Gasteiger partial charge in [0.1, 0.15) is 16.0 Å². The van der Waals surface area contributed by atoms with Crippen LogP contribution in [0.15, 0.2) is 34.8 Å². The number of nitrogens with one attached hydrogen (secondary N) is 1. The van der Waals surface area contributed by atoms with Crippen LogP contribution < -0.4 is 14.8 Å². The number of benzene rings is 2. The highest BCUT2D eigenvalue weighted by Gasteiger charge is 2.16. The zero-order chi connectivity index (χ0) is 16.3. The Morgan fingerprint density at radius 1 is 1.14 bits per heavy atom. The lowest BCUT2D eigenvalue weighted by Gasteiger charge is -2.12. The van der Waals surface area contributed by atoms with Gasteiger partial charge in [-0.05, 0) is 40.2 Å². The second-order valence-electron chi connectivity index (χ2n) is 4.25. The first-order chi connectivity index (χ1) is 10.5. The maximum atomic E-state index is 12.4. The van der Waals surface area contributed by atoms with E-state index in [2.05, 4.69) is 21.2 Å². The summed E-state index contributed by atoms with van der Waals surface area (Å²) in [5.74, 6) is 0.622. The largest absolute Gasteiger partial charge is 0.495 e. The Morgan fingerprint density at radius 3 is 2.27 bits per heavy atom. The monoisotopic (exact) mass is 403 g/mol. The van der Waals surface area contributed by atoms with E-state index in [1.165, 1.54) is 14.2 Å². The van der Waals surface area contributed by atoms with Gasteiger partial charge >= 0.3 is 0 Å². The quantitative estimate of drug-likeness (QED) is 0.777. The van der Waals surface area contributed by atoms with E-state index < -0.39 is 0 Å². The van der Waals surface area contributed by atoms with Gasteiger partial charge in [-0.2, -0.15) is 0 Å². The van der Waals surface area contributed by atoms with Crippen LogP contribution >= 0.6 is 39.1 Å². The van der Waals surface area contributed by atoms with Crippen LogP contribution in [0.25, 0.3) is 0 Å². The van der Waals surface area contributed by atoms with Crippen molar-refractivity contribution in [2.75, 3.05) is 19.5 Å². The van der Waals surface area contributed by atoms with Crippen molar-refractivity contribution < 1.29 is 14.3 Å². The van der Waals surface area contributed by atoms with Gasteiger partial charge in [0.25, 0.3) is 5.91 Å². The predicted molar refractivity (Wildman–Crippen MR) is 91.7 cm³/mol. The maximum absolute atomic E-state index is 12.4. The zero-order valence-corrected chi connectivity index (χ0v) is 14.8. The van der Waals surface area contributed by atoms with E-state index >= 15 is 0 Å². The lowest BCUT2D eigenvalue weighted by Crippen LogP contribution is -2.12. The van der Waals surface area contributed by atoms with Crippen LogP contribution in [0.5, 0.6) is 11.5 Å². The summed E-state index contributed by atoms with van der Waals surface area (Å²) in [4.78, 5) is 12.4. The third-order valence-electron chi connectivity index (χ3n) is 2.91. The van der Waals surface area contributed by atoms with Crippen LogP contribution in [0.2, 0.25) is 10.0 Å². The molecule has 0 aliphatic rings. The van der Waals surface area contributed by atoms with Crippen molar-refractivity contribution in [3.05, 3.63) is 50.4 Å². The molecular formula is C15H12BrCl2NO3. The molecule has 22 heavy (non-hydrogen) atoms. The minimum absolute atomic E-state index is 0.286. The first kappa shape index (κ1) is 16.9. The molecule has 0 radical (unpaired) electrons. The molecule has 1 amide bonds. The number of carbonyl (C=O) groups is 1. The van der Waals surface area contributed by atoms with Crippen LogP contribution in [0.3, 0.4) is 0 Å². The number of rotatable bonds is 4. The molecule has 0 heterocycles. The molecule has 0 saturated heterocycles. The molecule has 0 unspecified atom stereocenters. The molecular weight excluding hydrogens is 393 g/mol. The van der Waals surface area contributed by atoms with Crippen LogP contribution in [0, 0.1) is 0 Å². The lowest BCUT2D eigenvalue weighted by atomic mass is 10.1. The summed E-state index contributed by atoms with van der Waals surface area (Å²) in [6, 6.07) is 8.21. The number of methoxy groups -OCH3 is 2. The third kappa shape index (κ3) is 3.48. The van der Waals surface area contributed by atoms with E-state index in [1.807, 2.05) is 0 Å². The summed E-state index contributed by atoms with van der Waals surface area (Å²) < 4.78 is 11.1. The van der Waals surface area contributed by atoms with Gasteiger partial charge in [-0.15, -0.1) is 0 Å². The standard InChI is InChI=1S/C15H12BrCl2NO3/c1-21-11-6-8(7-12(22-2)13(11)16)15(20)19-10-5-3-4-9(17)14(10)18/h3-7H,1-2H3,(H,19,20). The molecule has 0 spiro atoms. The summed E-state index contributed by atoms with van der Waals surface area (Å²) in [7, 11) is 3.02. The molecule has 0 saturated carbocycles. The molecule has 2 aromatic carbocycles. The summed E-state index contributed by atoms with van der Waals surface area (Å²) in [5, 5.41) is 3.36. The fraction of sp³-hybridized carbons (Fsp3) is 0.133. The van der Waals surface area contributed by atoms with Crippen LogP contribution in [0.1, 0.15) is 10.4 Å². The van der Waals surface area contributed by atoms with Crippen LogP contribution in [-0.4, -0.2) is 20.1 Å². The second-order valence-corrected chi connectivity index (χ2v) is 5.83. The predicted octanol–water partition coefficient (Wildman–Crippen LogP) is 5.03. The molecule has 0 aliphatic heterocycles. The van der Waals surface area contributed by atoms with Crippen molar-refractivity contribution in [2.24, 2.45) is 0 Å². The molecule has 1 N–H and O–H groups in total. The van der Waals surface area contributed by atoms with Crippen LogP contribution in [0.4, 0.5) is 5.69 Å². The Labute approximate surface area is 146 Å². The van der Waals surface area contributed by atoms with Crippen molar-refractivity contribution in [1.29, 1.82) is 0 Å². The molecule has 116 valence electrons. The fourth-order valence-electron chi connectivity index (χ4n) is 1.80. The topological polar surface area (TPSA) is 47.6 Å². The number of carbonyl (C=O) groups excluding carboxylic acids is 1. The highest BCUT2D eigenvalue weighted by Crippen LogP contribution is 2.36. The SMILES string of the molecule is COc1cc(C(=O)Nc2cccc(Cl)c2Cl)cc(OC)c1Br. The number of anilines is 1. The van der Waals surface area contributed by atoms with Gasteiger partial charge in [0.05, 0.1) is 30.0 Å². The van der Waals surface area contributed by atoms with E-state index in [0.29, 0.717) is 32.2 Å². The van der Waals surface area contributed by atoms with Gasteiger partial charge in [-0.25, -0.2) is 0 Å². The molecule has 0 atom stereocenters. The summed E-state index contributed by atoms with van der Waals surface area (Å²) in [5.41, 5.74) is 0.799. The normalized spacial score (nSPS) is 10.2. The number of halogens is 3. The maximum Gasteiger partial charge on any atom is 0.255 e. The van der Waals surface area contributed by atoms with Crippen molar-refractivity contribution in [3.8, 4) is 11.5 Å². The van der Waals surface area contributed by atoms with Crippen molar-refractivity contribution in [1.82, 2.24) is 0 Å². The van der Waals surface area contributed by atoms with E-state index in [-0.39, 0.29) is 10.9 Å². The highest BCUT2D eigenvalue weighted by molar-refractivity contribution is 9.10. The average molecular weight is 405 g/mol. The minimum Gasteiger partial charge on any atom is -0.495 e. The fourth-order valence-corrected chi connectivity index (χ4v) is 2.70. The summed E-state index contributed by atoms with van der Waals surface area (Å²) >= 11 is 15.3. The number of hydrogen-bond donors (Lipinski definition) is 1. The molecule has 0 aromatic heterocycles. The number of ether oxygens (including phenoxy) is 2. The van der Waals surface area contributed by atoms with E-state index in [4.69, 9.17) is 32.7 Å². The Hall–Kier alpha value is -1.43. The molecule has 0 bridgehead atoms. The van der Waals surface area contributed by atoms with E-state index in [9.17, 15) is 4.79 Å². The second kappa shape index (κ2) is 7.22. The summed E-state index contributed by atoms with van der Waals surface area (Å²) in [6.07, 6.45) is 0. The van der Waals surface area contributed by atoms with Gasteiger partial charge < -0.3 is 14.8 Å². The first-order valence-electron chi connectivity index (χ1n) is 6.14. The molecule has 4 nitrogen and oxygen atoms in total. The van der Waals surface area contributed by atoms with E-state index in [0.717, 1.165) is 0 Å². The average Bonchev–Trinajstić information content (AvgIpc) is 2.52. The van der Waals surface area contributed by atoms with Crippen molar-refractivity contribution in [2.45, 2.75) is 0 Å². The highest BCUT2D eigenvalue weighted by atomic mass is 79.9. The molecule has 2 rings (SSSR count). The van der Waals surface area contributed by atoms with Gasteiger partial charge in [-0.3, -0.25) is 4.79 Å². The Bertz CT molecular complexity index is 697. The Morgan fingerprint density at radius 2 is 1.73 bits per heavy atom. The van der Waals surface area contributed by atoms with Gasteiger partial charge in [-0.1, -0.05) is 29.3 Å². The Kier molecular flexibility index (Phi) is 5.56. The van der Waals surface area contributed by atoms with Crippen LogP contribution in [-0.2, 0) is 0 Å². The molecule has 7 heteroatoms. The molecule has 2 aromatic rings. The molecule has 0 fully saturated rings. The Balaban J connectivity index is 2.35. The third-order valence-corrected chi connectivity index (χ3v) is 4.51. The van der Waals surface area contributed by atoms with Gasteiger partial charge in [0, 0.05) is 5.56 Å². The lowest BCUT2D eigenvalue weighted by molar-refractivity contribution is 0.102. The number of amides is 1. The van der Waals surface area contributed by atoms with Gasteiger partial charge in [0.15, 0.2) is 0 Å². The first-order valence-corrected chi connectivity index (χ1v) is 7.69. The molecule has 0 aliphatic carbocycles. The van der Waals surface area contributed by atoms with E-state index in [1.54, 1.807) is 30.3 Å². The minimum atomic E-state index is -0.353. The van der Waals surface area contributed by atoms with Crippen molar-refractivity contribution in [3.63, 3.8) is 0 Å². The number of hydrogen-bond acceptors (Lipinski definition) is 3. The summed E-state index contributed by atoms with van der Waals surface area (Å²) in [6.45, 7) is 0. The zero-order valence-electron chi connectivity index (χ0n) is 11.7. The van der Waals surface area contributed by atoms with Gasteiger partial charge in [0.2, 0.25) is 0 Å². The van der Waals surface area contributed by atoms with Crippen molar-refractivity contribution >= 4 is 50.7 Å².